The van der Waals surface area contributed by atoms with Gasteiger partial charge in [-0.25, -0.2) is 8.42 Å². The van der Waals surface area contributed by atoms with Crippen LogP contribution in [0.2, 0.25) is 4.34 Å². The quantitative estimate of drug-likeness (QED) is 0.517. The van der Waals surface area contributed by atoms with E-state index >= 15 is 0 Å². The number of nitrogens with two attached hydrogens (primary N) is 1. The monoisotopic (exact) mass is 509 g/mol. The standard InChI is InChI=1S/C21H20ClN3O4S3/c22-17-6-7-18(31-17)32(28,29)25-10-8-14(9-11-25)20(27)24-21-15(19(23)26)12-16(30-21)13-4-2-1-3-5-13/h1-7,12,14H,8-11H2,(H2,23,26)(H,24,27). The number of benzene rings is 1. The minimum Gasteiger partial charge on any atom is -0.366 e. The van der Waals surface area contributed by atoms with Gasteiger partial charge in [0.2, 0.25) is 5.91 Å². The van der Waals surface area contributed by atoms with E-state index in [4.69, 9.17) is 17.3 Å². The summed E-state index contributed by atoms with van der Waals surface area (Å²) in [7, 11) is -3.62. The van der Waals surface area contributed by atoms with Gasteiger partial charge in [-0.1, -0.05) is 41.9 Å². The molecule has 0 saturated carbocycles. The highest BCUT2D eigenvalue weighted by Crippen LogP contribution is 2.36. The molecule has 3 N–H and O–H groups in total. The maximum Gasteiger partial charge on any atom is 0.252 e. The van der Waals surface area contributed by atoms with Crippen molar-refractivity contribution in [2.45, 2.75) is 17.1 Å². The van der Waals surface area contributed by atoms with Crippen molar-refractivity contribution in [1.82, 2.24) is 4.31 Å². The van der Waals surface area contributed by atoms with Crippen LogP contribution in [0.25, 0.3) is 10.4 Å². The minimum absolute atomic E-state index is 0.198. The van der Waals surface area contributed by atoms with E-state index < -0.39 is 15.9 Å². The van der Waals surface area contributed by atoms with Gasteiger partial charge in [-0.05, 0) is 36.6 Å². The van der Waals surface area contributed by atoms with Crippen molar-refractivity contribution in [2.75, 3.05) is 18.4 Å². The number of thiophene rings is 2. The number of nitrogens with zero attached hydrogens (tertiary/aromatic N) is 1. The van der Waals surface area contributed by atoms with Crippen LogP contribution in [0.15, 0.2) is 52.7 Å². The maximum absolute atomic E-state index is 12.9. The van der Waals surface area contributed by atoms with Crippen LogP contribution in [0.1, 0.15) is 23.2 Å². The molecule has 1 aliphatic rings. The Kier molecular flexibility index (Phi) is 6.68. The fourth-order valence-corrected chi connectivity index (χ4v) is 7.73. The summed E-state index contributed by atoms with van der Waals surface area (Å²) in [6.45, 7) is 0.469. The average molecular weight is 510 g/mol. The molecule has 4 rings (SSSR count). The Bertz CT molecular complexity index is 1250. The number of sulfonamides is 1. The number of halogens is 1. The number of nitrogens with one attached hydrogen (secondary N) is 1. The van der Waals surface area contributed by atoms with Crippen LogP contribution in [-0.4, -0.2) is 37.6 Å². The molecule has 0 atom stereocenters. The van der Waals surface area contributed by atoms with Crippen molar-refractivity contribution in [3.05, 3.63) is 58.4 Å². The molecule has 168 valence electrons. The first kappa shape index (κ1) is 22.9. The second-order valence-electron chi connectivity index (χ2n) is 7.31. The highest BCUT2D eigenvalue weighted by Gasteiger charge is 2.33. The molecule has 0 bridgehead atoms. The van der Waals surface area contributed by atoms with E-state index in [9.17, 15) is 18.0 Å². The molecule has 11 heteroatoms. The van der Waals surface area contributed by atoms with Crippen molar-refractivity contribution in [3.63, 3.8) is 0 Å². The molecule has 0 unspecified atom stereocenters. The van der Waals surface area contributed by atoms with Crippen molar-refractivity contribution >= 4 is 61.1 Å². The third kappa shape index (κ3) is 4.74. The van der Waals surface area contributed by atoms with Crippen LogP contribution in [0.5, 0.6) is 0 Å². The van der Waals surface area contributed by atoms with E-state index in [1.54, 1.807) is 12.1 Å². The van der Waals surface area contributed by atoms with E-state index in [-0.39, 0.29) is 34.7 Å². The zero-order valence-electron chi connectivity index (χ0n) is 16.8. The van der Waals surface area contributed by atoms with E-state index in [0.717, 1.165) is 21.8 Å². The number of carbonyl (C=O) groups is 2. The largest absolute Gasteiger partial charge is 0.366 e. The Balaban J connectivity index is 1.44. The highest BCUT2D eigenvalue weighted by atomic mass is 35.5. The molecule has 1 fully saturated rings. The summed E-state index contributed by atoms with van der Waals surface area (Å²) in [5.41, 5.74) is 6.70. The number of piperidine rings is 1. The topological polar surface area (TPSA) is 110 Å². The Hall–Kier alpha value is -2.24. The summed E-state index contributed by atoms with van der Waals surface area (Å²) in [4.78, 5) is 25.6. The van der Waals surface area contributed by atoms with Gasteiger partial charge in [0.15, 0.2) is 0 Å². The van der Waals surface area contributed by atoms with Crippen LogP contribution in [0, 0.1) is 5.92 Å². The summed E-state index contributed by atoms with van der Waals surface area (Å²) < 4.78 is 27.5. The van der Waals surface area contributed by atoms with Crippen LogP contribution < -0.4 is 11.1 Å². The van der Waals surface area contributed by atoms with Gasteiger partial charge in [-0.15, -0.1) is 22.7 Å². The molecule has 7 nitrogen and oxygen atoms in total. The molecule has 32 heavy (non-hydrogen) atoms. The molecule has 3 heterocycles. The molecule has 3 aromatic rings. The van der Waals surface area contributed by atoms with Gasteiger partial charge in [0.1, 0.15) is 9.21 Å². The van der Waals surface area contributed by atoms with Crippen molar-refractivity contribution < 1.29 is 18.0 Å². The number of hydrogen-bond acceptors (Lipinski definition) is 6. The average Bonchev–Trinajstić information content (AvgIpc) is 3.41. The van der Waals surface area contributed by atoms with E-state index in [1.807, 2.05) is 30.3 Å². The fraction of sp³-hybridized carbons (Fsp3) is 0.238. The molecule has 2 amide bonds. The third-order valence-corrected chi connectivity index (χ3v) is 9.96. The second-order valence-corrected chi connectivity index (χ2v) is 12.2. The SMILES string of the molecule is NC(=O)c1cc(-c2ccccc2)sc1NC(=O)C1CCN(S(=O)(=O)c2ccc(Cl)s2)CC1. The van der Waals surface area contributed by atoms with E-state index in [2.05, 4.69) is 5.32 Å². The molecule has 2 aromatic heterocycles. The smallest absolute Gasteiger partial charge is 0.252 e. The molecular weight excluding hydrogens is 490 g/mol. The highest BCUT2D eigenvalue weighted by molar-refractivity contribution is 7.91. The lowest BCUT2D eigenvalue weighted by Gasteiger charge is -2.30. The molecule has 0 spiro atoms. The Morgan fingerprint density at radius 1 is 1.06 bits per heavy atom. The number of amides is 2. The van der Waals surface area contributed by atoms with Gasteiger partial charge in [0, 0.05) is 23.9 Å². The maximum atomic E-state index is 12.9. The Morgan fingerprint density at radius 2 is 1.75 bits per heavy atom. The normalized spacial score (nSPS) is 15.5. The van der Waals surface area contributed by atoms with Gasteiger partial charge in [-0.2, -0.15) is 4.31 Å². The molecule has 1 aromatic carbocycles. The number of hydrogen-bond donors (Lipinski definition) is 2. The van der Waals surface area contributed by atoms with Gasteiger partial charge in [-0.3, -0.25) is 9.59 Å². The van der Waals surface area contributed by atoms with E-state index in [0.29, 0.717) is 22.2 Å². The molecule has 0 aliphatic carbocycles. The zero-order valence-corrected chi connectivity index (χ0v) is 20.0. The summed E-state index contributed by atoms with van der Waals surface area (Å²) >= 11 is 8.18. The van der Waals surface area contributed by atoms with Crippen LogP contribution in [0.3, 0.4) is 0 Å². The summed E-state index contributed by atoms with van der Waals surface area (Å²) in [5.74, 6) is -1.23. The summed E-state index contributed by atoms with van der Waals surface area (Å²) in [6.07, 6.45) is 0.764. The first-order valence-corrected chi connectivity index (χ1v) is 13.3. The molecule has 1 aliphatic heterocycles. The summed E-state index contributed by atoms with van der Waals surface area (Å²) in [6, 6.07) is 14.2. The fourth-order valence-electron chi connectivity index (χ4n) is 3.55. The van der Waals surface area contributed by atoms with Gasteiger partial charge >= 0.3 is 0 Å². The zero-order chi connectivity index (χ0) is 22.9. The van der Waals surface area contributed by atoms with Crippen LogP contribution in [0.4, 0.5) is 5.00 Å². The van der Waals surface area contributed by atoms with Gasteiger partial charge < -0.3 is 11.1 Å². The van der Waals surface area contributed by atoms with Gasteiger partial charge in [0.25, 0.3) is 15.9 Å². The van der Waals surface area contributed by atoms with Crippen LogP contribution >= 0.6 is 34.3 Å². The summed E-state index contributed by atoms with van der Waals surface area (Å²) in [5, 5.41) is 3.24. The Morgan fingerprint density at radius 3 is 2.34 bits per heavy atom. The number of carbonyl (C=O) groups excluding carboxylic acids is 2. The molecular formula is C21H20ClN3O4S3. The lowest BCUT2D eigenvalue weighted by Crippen LogP contribution is -2.41. The van der Waals surface area contributed by atoms with Crippen molar-refractivity contribution in [2.24, 2.45) is 11.7 Å². The molecule has 0 radical (unpaired) electrons. The van der Waals surface area contributed by atoms with E-state index in [1.165, 1.54) is 21.7 Å². The van der Waals surface area contributed by atoms with Gasteiger partial charge in [0.05, 0.1) is 9.90 Å². The first-order valence-electron chi connectivity index (χ1n) is 9.81. The third-order valence-electron chi connectivity index (χ3n) is 5.26. The minimum atomic E-state index is -3.62. The second kappa shape index (κ2) is 9.32. The predicted molar refractivity (Wildman–Crippen MR) is 128 cm³/mol. The number of primary amides is 1. The van der Waals surface area contributed by atoms with Crippen molar-refractivity contribution in [3.8, 4) is 10.4 Å². The van der Waals surface area contributed by atoms with Crippen molar-refractivity contribution in [1.29, 1.82) is 0 Å². The lowest BCUT2D eigenvalue weighted by molar-refractivity contribution is -0.120. The lowest BCUT2D eigenvalue weighted by atomic mass is 9.97. The Labute approximate surface area is 198 Å². The number of anilines is 1. The predicted octanol–water partition coefficient (Wildman–Crippen LogP) is 4.27. The van der Waals surface area contributed by atoms with Crippen LogP contribution in [-0.2, 0) is 14.8 Å². The number of rotatable bonds is 6. The first-order chi connectivity index (χ1) is 15.3. The molecule has 1 saturated heterocycles.